The van der Waals surface area contributed by atoms with Crippen LogP contribution in [0.3, 0.4) is 0 Å². The van der Waals surface area contributed by atoms with Crippen molar-refractivity contribution in [2.45, 2.75) is 38.5 Å². The minimum atomic E-state index is 0.345. The molecule has 0 saturated heterocycles. The molecule has 0 heterocycles. The third kappa shape index (κ3) is 4.13. The predicted molar refractivity (Wildman–Crippen MR) is 75.8 cm³/mol. The number of hydrogen-bond acceptors (Lipinski definition) is 2. The standard InChI is InChI=1S/C15H19BrO2/c16-13-7-9-14(10-8-13)18-11-3-6-15(17)12-4-1-2-5-12/h7-10,12H,1-6,11H2. The molecular weight excluding hydrogens is 292 g/mol. The number of carbonyl (C=O) groups is 1. The first-order valence-corrected chi connectivity index (χ1v) is 7.46. The zero-order valence-electron chi connectivity index (χ0n) is 10.5. The predicted octanol–water partition coefficient (Wildman–Crippen LogP) is 4.37. The highest BCUT2D eigenvalue weighted by Gasteiger charge is 2.21. The van der Waals surface area contributed by atoms with Gasteiger partial charge in [-0.1, -0.05) is 28.8 Å². The summed E-state index contributed by atoms with van der Waals surface area (Å²) in [4.78, 5) is 11.8. The minimum Gasteiger partial charge on any atom is -0.494 e. The Morgan fingerprint density at radius 2 is 1.89 bits per heavy atom. The van der Waals surface area contributed by atoms with E-state index in [0.717, 1.165) is 29.5 Å². The molecule has 0 amide bonds. The van der Waals surface area contributed by atoms with Crippen LogP contribution in [0.4, 0.5) is 0 Å². The molecule has 0 aliphatic heterocycles. The molecule has 0 aromatic heterocycles. The Hall–Kier alpha value is -0.830. The minimum absolute atomic E-state index is 0.345. The fourth-order valence-electron chi connectivity index (χ4n) is 2.42. The summed E-state index contributed by atoms with van der Waals surface area (Å²) >= 11 is 3.38. The van der Waals surface area contributed by atoms with E-state index in [-0.39, 0.29) is 0 Å². The van der Waals surface area contributed by atoms with E-state index < -0.39 is 0 Å². The van der Waals surface area contributed by atoms with Gasteiger partial charge in [-0.25, -0.2) is 0 Å². The molecule has 2 rings (SSSR count). The monoisotopic (exact) mass is 310 g/mol. The van der Waals surface area contributed by atoms with Gasteiger partial charge in [0, 0.05) is 16.8 Å². The molecule has 0 atom stereocenters. The average molecular weight is 311 g/mol. The number of ether oxygens (including phenoxy) is 1. The Kier molecular flexibility index (Phi) is 5.24. The largest absolute Gasteiger partial charge is 0.494 e. The maximum absolute atomic E-state index is 11.8. The highest BCUT2D eigenvalue weighted by Crippen LogP contribution is 2.26. The van der Waals surface area contributed by atoms with Crippen molar-refractivity contribution in [3.05, 3.63) is 28.7 Å². The van der Waals surface area contributed by atoms with Crippen molar-refractivity contribution in [2.75, 3.05) is 6.61 Å². The van der Waals surface area contributed by atoms with E-state index in [1.807, 2.05) is 24.3 Å². The second-order valence-corrected chi connectivity index (χ2v) is 5.77. The van der Waals surface area contributed by atoms with Crippen LogP contribution in [0.25, 0.3) is 0 Å². The number of benzene rings is 1. The molecule has 18 heavy (non-hydrogen) atoms. The Morgan fingerprint density at radius 1 is 1.22 bits per heavy atom. The van der Waals surface area contributed by atoms with Gasteiger partial charge in [0.05, 0.1) is 6.61 Å². The first-order valence-electron chi connectivity index (χ1n) is 6.67. The second-order valence-electron chi connectivity index (χ2n) is 4.85. The lowest BCUT2D eigenvalue weighted by Gasteiger charge is -2.08. The van der Waals surface area contributed by atoms with E-state index in [0.29, 0.717) is 24.7 Å². The van der Waals surface area contributed by atoms with Crippen LogP contribution in [0.1, 0.15) is 38.5 Å². The Balaban J connectivity index is 1.63. The lowest BCUT2D eigenvalue weighted by atomic mass is 9.99. The molecule has 0 unspecified atom stereocenters. The van der Waals surface area contributed by atoms with Gasteiger partial charge in [0.2, 0.25) is 0 Å². The van der Waals surface area contributed by atoms with Gasteiger partial charge in [0.15, 0.2) is 0 Å². The van der Waals surface area contributed by atoms with Crippen molar-refractivity contribution in [3.63, 3.8) is 0 Å². The maximum atomic E-state index is 11.8. The van der Waals surface area contributed by atoms with Gasteiger partial charge in [-0.2, -0.15) is 0 Å². The molecule has 0 spiro atoms. The Morgan fingerprint density at radius 3 is 2.56 bits per heavy atom. The summed E-state index contributed by atoms with van der Waals surface area (Å²) in [6.45, 7) is 0.625. The summed E-state index contributed by atoms with van der Waals surface area (Å²) in [5.41, 5.74) is 0. The topological polar surface area (TPSA) is 26.3 Å². The van der Waals surface area contributed by atoms with Crippen molar-refractivity contribution in [2.24, 2.45) is 5.92 Å². The van der Waals surface area contributed by atoms with Gasteiger partial charge in [-0.3, -0.25) is 4.79 Å². The summed E-state index contributed by atoms with van der Waals surface area (Å²) in [6, 6.07) is 7.78. The SMILES string of the molecule is O=C(CCCOc1ccc(Br)cc1)C1CCCC1. The number of ketones is 1. The van der Waals surface area contributed by atoms with Crippen LogP contribution in [0.15, 0.2) is 28.7 Å². The molecule has 0 radical (unpaired) electrons. The summed E-state index contributed by atoms with van der Waals surface area (Å²) < 4.78 is 6.65. The molecule has 1 aromatic rings. The summed E-state index contributed by atoms with van der Waals surface area (Å²) in [6.07, 6.45) is 6.16. The molecule has 1 fully saturated rings. The molecule has 3 heteroatoms. The second kappa shape index (κ2) is 6.93. The van der Waals surface area contributed by atoms with Gasteiger partial charge < -0.3 is 4.74 Å². The van der Waals surface area contributed by atoms with Crippen molar-refractivity contribution in [1.82, 2.24) is 0 Å². The van der Waals surface area contributed by atoms with Gasteiger partial charge in [-0.05, 0) is 43.5 Å². The first-order chi connectivity index (χ1) is 8.75. The first kappa shape index (κ1) is 13.6. The third-order valence-corrected chi connectivity index (χ3v) is 3.99. The maximum Gasteiger partial charge on any atom is 0.136 e. The number of Topliss-reactive ketones (excluding diaryl/α,β-unsaturated/α-hetero) is 1. The molecule has 0 bridgehead atoms. The normalized spacial score (nSPS) is 15.8. The summed E-state index contributed by atoms with van der Waals surface area (Å²) in [5.74, 6) is 1.65. The third-order valence-electron chi connectivity index (χ3n) is 3.46. The lowest BCUT2D eigenvalue weighted by Crippen LogP contribution is -2.11. The van der Waals surface area contributed by atoms with E-state index in [1.54, 1.807) is 0 Å². The molecule has 1 saturated carbocycles. The summed E-state index contributed by atoms with van der Waals surface area (Å²) in [5, 5.41) is 0. The van der Waals surface area contributed by atoms with Gasteiger partial charge in [0.25, 0.3) is 0 Å². The zero-order chi connectivity index (χ0) is 12.8. The number of carbonyl (C=O) groups excluding carboxylic acids is 1. The van der Waals surface area contributed by atoms with Crippen molar-refractivity contribution < 1.29 is 9.53 Å². The van der Waals surface area contributed by atoms with Crippen LogP contribution in [-0.2, 0) is 4.79 Å². The van der Waals surface area contributed by atoms with Crippen molar-refractivity contribution in [1.29, 1.82) is 0 Å². The smallest absolute Gasteiger partial charge is 0.136 e. The van der Waals surface area contributed by atoms with Crippen LogP contribution < -0.4 is 4.74 Å². The van der Waals surface area contributed by atoms with Crippen LogP contribution in [0, 0.1) is 5.92 Å². The Labute approximate surface area is 117 Å². The lowest BCUT2D eigenvalue weighted by molar-refractivity contribution is -0.122. The summed E-state index contributed by atoms with van der Waals surface area (Å²) in [7, 11) is 0. The van der Waals surface area contributed by atoms with Crippen molar-refractivity contribution in [3.8, 4) is 5.75 Å². The van der Waals surface area contributed by atoms with Crippen LogP contribution >= 0.6 is 15.9 Å². The highest BCUT2D eigenvalue weighted by molar-refractivity contribution is 9.10. The van der Waals surface area contributed by atoms with E-state index in [9.17, 15) is 4.79 Å². The molecule has 1 aliphatic carbocycles. The van der Waals surface area contributed by atoms with Gasteiger partial charge >= 0.3 is 0 Å². The average Bonchev–Trinajstić information content (AvgIpc) is 2.90. The molecule has 1 aliphatic rings. The molecule has 98 valence electrons. The molecule has 2 nitrogen and oxygen atoms in total. The highest BCUT2D eigenvalue weighted by atomic mass is 79.9. The quantitative estimate of drug-likeness (QED) is 0.729. The van der Waals surface area contributed by atoms with E-state index in [1.165, 1.54) is 12.8 Å². The number of halogens is 1. The van der Waals surface area contributed by atoms with Crippen LogP contribution in [0.5, 0.6) is 5.75 Å². The Bertz CT molecular complexity index is 380. The van der Waals surface area contributed by atoms with E-state index in [4.69, 9.17) is 4.74 Å². The zero-order valence-corrected chi connectivity index (χ0v) is 12.1. The number of hydrogen-bond donors (Lipinski definition) is 0. The molecule has 0 N–H and O–H groups in total. The van der Waals surface area contributed by atoms with Gasteiger partial charge in [0.1, 0.15) is 11.5 Å². The van der Waals surface area contributed by atoms with Crippen molar-refractivity contribution >= 4 is 21.7 Å². The fourth-order valence-corrected chi connectivity index (χ4v) is 2.68. The number of rotatable bonds is 6. The van der Waals surface area contributed by atoms with Crippen LogP contribution in [0.2, 0.25) is 0 Å². The fraction of sp³-hybridized carbons (Fsp3) is 0.533. The molecular formula is C15H19BrO2. The van der Waals surface area contributed by atoms with E-state index >= 15 is 0 Å². The van der Waals surface area contributed by atoms with E-state index in [2.05, 4.69) is 15.9 Å². The molecule has 1 aromatic carbocycles. The van der Waals surface area contributed by atoms with Gasteiger partial charge in [-0.15, -0.1) is 0 Å². The van der Waals surface area contributed by atoms with Crippen LogP contribution in [-0.4, -0.2) is 12.4 Å².